The highest BCUT2D eigenvalue weighted by atomic mass is 15.3. The molecule has 4 aromatic rings. The van der Waals surface area contributed by atoms with Crippen molar-refractivity contribution in [2.75, 3.05) is 19.2 Å². The molecular weight excluding hydrogens is 462 g/mol. The van der Waals surface area contributed by atoms with E-state index in [-0.39, 0.29) is 14.0 Å². The van der Waals surface area contributed by atoms with Crippen LogP contribution in [0.4, 0.5) is 34.1 Å². The van der Waals surface area contributed by atoms with Crippen LogP contribution in [0, 0.1) is 0 Å². The first-order valence-electron chi connectivity index (χ1n) is 13.1. The van der Waals surface area contributed by atoms with Gasteiger partial charge in [0, 0.05) is 11.4 Å². The molecule has 0 aromatic heterocycles. The van der Waals surface area contributed by atoms with Gasteiger partial charge in [-0.25, -0.2) is 0 Å². The second-order valence-corrected chi connectivity index (χ2v) is 9.91. The van der Waals surface area contributed by atoms with Gasteiger partial charge in [0.05, 0.1) is 22.7 Å². The topological polar surface area (TPSA) is 13.0 Å². The maximum atomic E-state index is 2.41. The summed E-state index contributed by atoms with van der Waals surface area (Å²) in [6, 6.07) is 35.0. The van der Waals surface area contributed by atoms with Crippen LogP contribution in [-0.4, -0.2) is 14.0 Å². The zero-order valence-corrected chi connectivity index (χ0v) is 20.8. The molecular formula is C32H24B2N4. The van der Waals surface area contributed by atoms with Crippen LogP contribution in [0.15, 0.2) is 146 Å². The average molecular weight is 486 g/mol. The lowest BCUT2D eigenvalue weighted by atomic mass is 9.71. The SMILES string of the molecule is C1=CB2N(C=C1)c1cc(-c3ccc4c(c3)N3C=CC=CB3N4c3ccccc3)ccc1N2c1ccccc1. The highest BCUT2D eigenvalue weighted by Crippen LogP contribution is 2.48. The van der Waals surface area contributed by atoms with Crippen molar-refractivity contribution in [2.24, 2.45) is 0 Å². The molecule has 6 heteroatoms. The molecule has 178 valence electrons. The molecule has 0 N–H and O–H groups in total. The number of hydrogen-bond acceptors (Lipinski definition) is 4. The first-order chi connectivity index (χ1) is 18.9. The summed E-state index contributed by atoms with van der Waals surface area (Å²) in [4.78, 5) is 9.55. The van der Waals surface area contributed by atoms with Crippen LogP contribution in [-0.2, 0) is 0 Å². The third kappa shape index (κ3) is 3.13. The Kier molecular flexibility index (Phi) is 4.68. The highest BCUT2D eigenvalue weighted by Gasteiger charge is 2.41. The van der Waals surface area contributed by atoms with Crippen LogP contribution in [0.5, 0.6) is 0 Å². The van der Waals surface area contributed by atoms with E-state index in [1.807, 2.05) is 0 Å². The molecule has 0 saturated carbocycles. The standard InChI is InChI=1S/C32H24B2N4/c1-3-11-27(12-4-1)37-29-17-15-25(23-31(29)35-21-9-7-19-33(35)37)26-16-18-30-32(24-26)36-22-10-8-20-34(36)38(30)28-13-5-2-6-14-28/h1-24H. The van der Waals surface area contributed by atoms with Gasteiger partial charge in [-0.2, -0.15) is 0 Å². The largest absolute Gasteiger partial charge is 0.412 e. The van der Waals surface area contributed by atoms with Crippen molar-refractivity contribution >= 4 is 48.1 Å². The smallest absolute Gasteiger partial charge is 0.366 e. The van der Waals surface area contributed by atoms with Crippen molar-refractivity contribution in [3.8, 4) is 11.1 Å². The van der Waals surface area contributed by atoms with E-state index in [0.29, 0.717) is 0 Å². The fourth-order valence-corrected chi connectivity index (χ4v) is 6.11. The van der Waals surface area contributed by atoms with E-state index >= 15 is 0 Å². The number of fused-ring (bicyclic) bond motifs is 6. The molecule has 4 aliphatic rings. The zero-order valence-electron chi connectivity index (χ0n) is 20.8. The van der Waals surface area contributed by atoms with Gasteiger partial charge in [-0.05, 0) is 84.2 Å². The van der Waals surface area contributed by atoms with Crippen LogP contribution >= 0.6 is 0 Å². The summed E-state index contributed by atoms with van der Waals surface area (Å²) < 4.78 is 0. The van der Waals surface area contributed by atoms with E-state index in [4.69, 9.17) is 0 Å². The summed E-state index contributed by atoms with van der Waals surface area (Å²) in [7, 11) is 0. The molecule has 0 radical (unpaired) electrons. The van der Waals surface area contributed by atoms with Crippen molar-refractivity contribution in [3.63, 3.8) is 0 Å². The van der Waals surface area contributed by atoms with E-state index in [0.717, 1.165) is 0 Å². The molecule has 0 fully saturated rings. The molecule has 38 heavy (non-hydrogen) atoms. The maximum Gasteiger partial charge on any atom is 0.412 e. The number of anilines is 6. The van der Waals surface area contributed by atoms with Crippen LogP contribution in [0.1, 0.15) is 0 Å². The lowest BCUT2D eigenvalue weighted by Gasteiger charge is -2.26. The minimum absolute atomic E-state index is 0.137. The lowest BCUT2D eigenvalue weighted by Crippen LogP contribution is -2.42. The minimum atomic E-state index is 0.137. The van der Waals surface area contributed by atoms with E-state index in [2.05, 4.69) is 165 Å². The zero-order chi connectivity index (χ0) is 25.1. The second kappa shape index (κ2) is 8.35. The summed E-state index contributed by atoms with van der Waals surface area (Å²) in [5.74, 6) is 4.52. The Labute approximate surface area is 224 Å². The molecule has 0 bridgehead atoms. The molecule has 0 aliphatic carbocycles. The first kappa shape index (κ1) is 21.3. The molecule has 4 aromatic carbocycles. The molecule has 0 saturated heterocycles. The number of benzene rings is 4. The molecule has 0 unspecified atom stereocenters. The Balaban J connectivity index is 1.22. The van der Waals surface area contributed by atoms with Crippen molar-refractivity contribution in [3.05, 3.63) is 146 Å². The van der Waals surface area contributed by atoms with Gasteiger partial charge in [0.2, 0.25) is 0 Å². The Morgan fingerprint density at radius 2 is 0.868 bits per heavy atom. The van der Waals surface area contributed by atoms with Crippen LogP contribution < -0.4 is 19.2 Å². The van der Waals surface area contributed by atoms with Gasteiger partial charge in [-0.15, -0.1) is 0 Å². The van der Waals surface area contributed by atoms with Gasteiger partial charge in [0.15, 0.2) is 0 Å². The predicted molar refractivity (Wildman–Crippen MR) is 162 cm³/mol. The molecule has 8 rings (SSSR count). The monoisotopic (exact) mass is 486 g/mol. The molecule has 4 nitrogen and oxygen atoms in total. The number of hydrogen-bond donors (Lipinski definition) is 0. The Morgan fingerprint density at radius 1 is 0.421 bits per heavy atom. The summed E-state index contributed by atoms with van der Waals surface area (Å²) in [5.41, 5.74) is 9.73. The Hall–Kier alpha value is -4.83. The van der Waals surface area contributed by atoms with Gasteiger partial charge in [-0.1, -0.05) is 72.6 Å². The average Bonchev–Trinajstić information content (AvgIpc) is 3.50. The van der Waals surface area contributed by atoms with Crippen molar-refractivity contribution in [1.29, 1.82) is 0 Å². The van der Waals surface area contributed by atoms with Crippen LogP contribution in [0.25, 0.3) is 11.1 Å². The number of nitrogens with zero attached hydrogens (tertiary/aromatic N) is 4. The van der Waals surface area contributed by atoms with Crippen molar-refractivity contribution in [1.82, 2.24) is 0 Å². The molecule has 4 heterocycles. The normalized spacial score (nSPS) is 16.2. The summed E-state index contributed by atoms with van der Waals surface area (Å²) >= 11 is 0. The molecule has 0 atom stereocenters. The fourth-order valence-electron chi connectivity index (χ4n) is 6.11. The number of rotatable bonds is 3. The van der Waals surface area contributed by atoms with Gasteiger partial charge in [0.25, 0.3) is 0 Å². The summed E-state index contributed by atoms with van der Waals surface area (Å²) in [6.45, 7) is 0.274. The van der Waals surface area contributed by atoms with Gasteiger partial charge in [0.1, 0.15) is 0 Å². The third-order valence-electron chi connectivity index (χ3n) is 7.81. The summed E-state index contributed by atoms with van der Waals surface area (Å²) in [6.07, 6.45) is 12.9. The van der Waals surface area contributed by atoms with Crippen LogP contribution in [0.2, 0.25) is 0 Å². The predicted octanol–water partition coefficient (Wildman–Crippen LogP) is 7.49. The molecule has 0 amide bonds. The van der Waals surface area contributed by atoms with Crippen LogP contribution in [0.3, 0.4) is 0 Å². The number of para-hydroxylation sites is 2. The highest BCUT2D eigenvalue weighted by molar-refractivity contribution is 6.77. The van der Waals surface area contributed by atoms with Crippen molar-refractivity contribution < 1.29 is 0 Å². The Morgan fingerprint density at radius 3 is 1.32 bits per heavy atom. The van der Waals surface area contributed by atoms with Gasteiger partial charge in [-0.3, -0.25) is 0 Å². The fraction of sp³-hybridized carbons (Fsp3) is 0. The quantitative estimate of drug-likeness (QED) is 0.278. The third-order valence-corrected chi connectivity index (χ3v) is 7.81. The van der Waals surface area contributed by atoms with E-state index in [1.54, 1.807) is 0 Å². The summed E-state index contributed by atoms with van der Waals surface area (Å²) in [5, 5.41) is 0. The second-order valence-electron chi connectivity index (χ2n) is 9.91. The number of allylic oxidation sites excluding steroid dienone is 4. The maximum absolute atomic E-state index is 2.41. The van der Waals surface area contributed by atoms with Crippen molar-refractivity contribution in [2.45, 2.75) is 0 Å². The van der Waals surface area contributed by atoms with Gasteiger partial charge < -0.3 is 19.2 Å². The lowest BCUT2D eigenvalue weighted by molar-refractivity contribution is 1.39. The Bertz CT molecular complexity index is 1540. The minimum Gasteiger partial charge on any atom is -0.366 e. The van der Waals surface area contributed by atoms with E-state index in [1.165, 1.54) is 45.3 Å². The molecule has 4 aliphatic heterocycles. The molecule has 0 spiro atoms. The first-order valence-corrected chi connectivity index (χ1v) is 13.1. The van der Waals surface area contributed by atoms with Gasteiger partial charge >= 0.3 is 14.0 Å². The van der Waals surface area contributed by atoms with E-state index < -0.39 is 0 Å². The van der Waals surface area contributed by atoms with E-state index in [9.17, 15) is 0 Å².